The fourth-order valence-corrected chi connectivity index (χ4v) is 5.07. The van der Waals surface area contributed by atoms with E-state index in [1.165, 1.54) is 19.1 Å². The molecule has 0 spiro atoms. The Morgan fingerprint density at radius 2 is 1.68 bits per heavy atom. The number of fused-ring (bicyclic) bond motifs is 1. The Morgan fingerprint density at radius 3 is 2.29 bits per heavy atom. The molecule has 0 saturated carbocycles. The minimum Gasteiger partial charge on any atom is -0.468 e. The van der Waals surface area contributed by atoms with Gasteiger partial charge in [0.2, 0.25) is 11.8 Å². The van der Waals surface area contributed by atoms with E-state index in [1.54, 1.807) is 19.2 Å². The third-order valence-corrected chi connectivity index (χ3v) is 6.70. The molecule has 178 valence electrons. The number of likely N-dealkylation sites (tertiary alicyclic amines) is 1. The quantitative estimate of drug-likeness (QED) is 0.496. The fourth-order valence-electron chi connectivity index (χ4n) is 5.07. The smallest absolute Gasteiger partial charge is 0.327 e. The Labute approximate surface area is 198 Å². The third-order valence-electron chi connectivity index (χ3n) is 6.70. The van der Waals surface area contributed by atoms with Crippen LogP contribution in [0, 0.1) is 11.8 Å². The fraction of sp³-hybridized carbons (Fsp3) is 0.360. The van der Waals surface area contributed by atoms with E-state index < -0.39 is 35.3 Å². The summed E-state index contributed by atoms with van der Waals surface area (Å²) >= 11 is 0. The Bertz CT molecular complexity index is 1090. The van der Waals surface area contributed by atoms with Gasteiger partial charge in [0.15, 0.2) is 0 Å². The van der Waals surface area contributed by atoms with Gasteiger partial charge in [-0.3, -0.25) is 24.6 Å². The zero-order chi connectivity index (χ0) is 24.5. The van der Waals surface area contributed by atoms with Crippen LogP contribution in [0.3, 0.4) is 0 Å². The number of nitrogens with zero attached hydrogens (tertiary/aromatic N) is 2. The maximum atomic E-state index is 13.2. The minimum absolute atomic E-state index is 0.111. The van der Waals surface area contributed by atoms with Gasteiger partial charge in [0.1, 0.15) is 5.54 Å². The summed E-state index contributed by atoms with van der Waals surface area (Å²) < 4.78 is 5.14. The van der Waals surface area contributed by atoms with Crippen LogP contribution in [0.4, 0.5) is 10.5 Å². The van der Waals surface area contributed by atoms with Gasteiger partial charge in [0, 0.05) is 38.8 Å². The molecule has 0 radical (unpaired) electrons. The molecule has 9 nitrogen and oxygen atoms in total. The normalized spacial score (nSPS) is 25.7. The molecule has 2 fully saturated rings. The van der Waals surface area contributed by atoms with Gasteiger partial charge in [0.25, 0.3) is 0 Å². The van der Waals surface area contributed by atoms with E-state index in [-0.39, 0.29) is 24.9 Å². The molecule has 2 N–H and O–H groups in total. The molecule has 2 aromatic rings. The van der Waals surface area contributed by atoms with E-state index in [0.29, 0.717) is 5.69 Å². The van der Waals surface area contributed by atoms with Crippen molar-refractivity contribution in [1.82, 2.24) is 15.1 Å². The molecule has 34 heavy (non-hydrogen) atoms. The summed E-state index contributed by atoms with van der Waals surface area (Å²) in [6.45, 7) is 0.111. The van der Waals surface area contributed by atoms with Crippen LogP contribution in [0.5, 0.6) is 0 Å². The van der Waals surface area contributed by atoms with Gasteiger partial charge in [-0.2, -0.15) is 0 Å². The van der Waals surface area contributed by atoms with E-state index in [0.717, 1.165) is 10.5 Å². The molecule has 4 rings (SSSR count). The maximum absolute atomic E-state index is 13.2. The molecule has 2 aromatic carbocycles. The van der Waals surface area contributed by atoms with Crippen LogP contribution in [-0.4, -0.2) is 72.9 Å². The maximum Gasteiger partial charge on any atom is 0.327 e. The second-order valence-corrected chi connectivity index (χ2v) is 8.79. The Kier molecular flexibility index (Phi) is 6.39. The van der Waals surface area contributed by atoms with Crippen LogP contribution in [0.15, 0.2) is 60.7 Å². The monoisotopic (exact) mass is 464 g/mol. The van der Waals surface area contributed by atoms with Gasteiger partial charge >= 0.3 is 12.0 Å². The van der Waals surface area contributed by atoms with E-state index in [2.05, 4.69) is 10.6 Å². The van der Waals surface area contributed by atoms with Gasteiger partial charge in [0.05, 0.1) is 18.9 Å². The molecule has 0 aromatic heterocycles. The van der Waals surface area contributed by atoms with Crippen LogP contribution < -0.4 is 10.6 Å². The summed E-state index contributed by atoms with van der Waals surface area (Å²) in [5, 5.41) is 6.08. The lowest BCUT2D eigenvalue weighted by atomic mass is 9.76. The zero-order valence-corrected chi connectivity index (χ0v) is 19.4. The second kappa shape index (κ2) is 9.26. The number of amides is 4. The molecule has 2 saturated heterocycles. The number of likely N-dealkylation sites (N-methyl/N-ethyl adjacent to an activating group) is 1. The molecule has 2 aliphatic heterocycles. The highest BCUT2D eigenvalue weighted by Crippen LogP contribution is 2.44. The highest BCUT2D eigenvalue weighted by Gasteiger charge is 2.67. The number of anilines is 1. The van der Waals surface area contributed by atoms with Gasteiger partial charge < -0.3 is 15.0 Å². The number of para-hydroxylation sites is 1. The number of nitrogens with one attached hydrogen (secondary N) is 2. The number of rotatable bonds is 6. The standard InChI is InChI=1S/C25H28N4O5/c1-28(24(33)26-17-12-8-5-9-13-17)15-18-19-20(22(31)29(2)21(19)30)25(27-18,23(32)34-3)14-16-10-6-4-7-11-16/h4-13,18-20,27H,14-15H2,1-3H3,(H,26,33)/t18-,19+,20-,25-/m1/s1. The first-order valence-electron chi connectivity index (χ1n) is 11.1. The van der Waals surface area contributed by atoms with Crippen LogP contribution in [-0.2, 0) is 25.5 Å². The summed E-state index contributed by atoms with van der Waals surface area (Å²) in [5.41, 5.74) is 0.0286. The summed E-state index contributed by atoms with van der Waals surface area (Å²) in [5.74, 6) is -3.15. The molecule has 4 amide bonds. The number of methoxy groups -OCH3 is 1. The van der Waals surface area contributed by atoms with Gasteiger partial charge in [-0.1, -0.05) is 48.5 Å². The van der Waals surface area contributed by atoms with Gasteiger partial charge in [-0.15, -0.1) is 0 Å². The van der Waals surface area contributed by atoms with Crippen LogP contribution in [0.2, 0.25) is 0 Å². The number of urea groups is 1. The average molecular weight is 465 g/mol. The molecular weight excluding hydrogens is 436 g/mol. The number of carbonyl (C=O) groups excluding carboxylic acids is 4. The van der Waals surface area contributed by atoms with E-state index in [1.807, 2.05) is 48.5 Å². The van der Waals surface area contributed by atoms with Crippen LogP contribution >= 0.6 is 0 Å². The number of esters is 1. The van der Waals surface area contributed by atoms with Crippen molar-refractivity contribution < 1.29 is 23.9 Å². The highest BCUT2D eigenvalue weighted by atomic mass is 16.5. The summed E-state index contributed by atoms with van der Waals surface area (Å²) in [6.07, 6.45) is 0.172. The van der Waals surface area contributed by atoms with Crippen molar-refractivity contribution >= 4 is 29.5 Å². The van der Waals surface area contributed by atoms with Crippen molar-refractivity contribution in [3.63, 3.8) is 0 Å². The summed E-state index contributed by atoms with van der Waals surface area (Å²) in [6, 6.07) is 17.3. The molecule has 0 aliphatic carbocycles. The van der Waals surface area contributed by atoms with Crippen LogP contribution in [0.1, 0.15) is 5.56 Å². The number of carbonyl (C=O) groups is 4. The third kappa shape index (κ3) is 4.03. The number of hydrogen-bond donors (Lipinski definition) is 2. The van der Waals surface area contributed by atoms with Crippen LogP contribution in [0.25, 0.3) is 0 Å². The van der Waals surface area contributed by atoms with Crippen molar-refractivity contribution in [3.05, 3.63) is 66.2 Å². The molecule has 0 bridgehead atoms. The first-order valence-corrected chi connectivity index (χ1v) is 11.1. The second-order valence-electron chi connectivity index (χ2n) is 8.79. The van der Waals surface area contributed by atoms with E-state index >= 15 is 0 Å². The zero-order valence-electron chi connectivity index (χ0n) is 19.4. The lowest BCUT2D eigenvalue weighted by molar-refractivity contribution is -0.153. The Hall–Kier alpha value is -3.72. The van der Waals surface area contributed by atoms with Crippen molar-refractivity contribution in [2.45, 2.75) is 18.0 Å². The van der Waals surface area contributed by atoms with E-state index in [4.69, 9.17) is 4.74 Å². The Morgan fingerprint density at radius 1 is 1.06 bits per heavy atom. The minimum atomic E-state index is -1.43. The SMILES string of the molecule is COC(=O)[C@]1(Cc2ccccc2)N[C@H](CN(C)C(=O)Nc2ccccc2)[C@@H]2C(=O)N(C)C(=O)[C@@H]21. The van der Waals surface area contributed by atoms with Crippen molar-refractivity contribution in [1.29, 1.82) is 0 Å². The largest absolute Gasteiger partial charge is 0.468 e. The molecule has 0 unspecified atom stereocenters. The van der Waals surface area contributed by atoms with E-state index in [9.17, 15) is 19.2 Å². The van der Waals surface area contributed by atoms with Gasteiger partial charge in [-0.25, -0.2) is 4.79 Å². The van der Waals surface area contributed by atoms with Crippen molar-refractivity contribution in [2.75, 3.05) is 33.1 Å². The first-order chi connectivity index (χ1) is 16.3. The molecular formula is C25H28N4O5. The molecule has 4 atom stereocenters. The van der Waals surface area contributed by atoms with Gasteiger partial charge in [-0.05, 0) is 17.7 Å². The topological polar surface area (TPSA) is 108 Å². The first kappa shape index (κ1) is 23.4. The highest BCUT2D eigenvalue weighted by molar-refractivity contribution is 6.09. The number of benzene rings is 2. The predicted molar refractivity (Wildman–Crippen MR) is 125 cm³/mol. The average Bonchev–Trinajstić information content (AvgIpc) is 3.28. The summed E-state index contributed by atoms with van der Waals surface area (Å²) in [7, 11) is 4.30. The van der Waals surface area contributed by atoms with Crippen molar-refractivity contribution in [2.24, 2.45) is 11.8 Å². The van der Waals surface area contributed by atoms with Crippen molar-refractivity contribution in [3.8, 4) is 0 Å². The Balaban J connectivity index is 1.64. The lowest BCUT2D eigenvalue weighted by Crippen LogP contribution is -2.59. The predicted octanol–water partition coefficient (Wildman–Crippen LogP) is 1.51. The number of ether oxygens (including phenoxy) is 1. The number of imide groups is 1. The molecule has 2 aliphatic rings. The molecule has 2 heterocycles. The molecule has 9 heteroatoms. The number of hydrogen-bond acceptors (Lipinski definition) is 6. The lowest BCUT2D eigenvalue weighted by Gasteiger charge is -2.32. The summed E-state index contributed by atoms with van der Waals surface area (Å²) in [4.78, 5) is 54.8.